The minimum Gasteiger partial charge on any atom is -0.496 e. The van der Waals surface area contributed by atoms with Gasteiger partial charge in [0, 0.05) is 33.4 Å². The van der Waals surface area contributed by atoms with Crippen LogP contribution in [0.2, 0.25) is 0 Å². The van der Waals surface area contributed by atoms with Gasteiger partial charge in [0.1, 0.15) is 5.75 Å². The molecule has 7 heteroatoms. The molecule has 1 amide bonds. The summed E-state index contributed by atoms with van der Waals surface area (Å²) < 4.78 is 18.7. The lowest BCUT2D eigenvalue weighted by atomic mass is 9.91. The van der Waals surface area contributed by atoms with Gasteiger partial charge in [0.2, 0.25) is 0 Å². The second-order valence-corrected chi connectivity index (χ2v) is 10.8. The van der Waals surface area contributed by atoms with Crippen molar-refractivity contribution in [1.82, 2.24) is 0 Å². The summed E-state index contributed by atoms with van der Waals surface area (Å²) in [5.41, 5.74) is 4.06. The molecule has 5 rings (SSSR count). The third-order valence-corrected chi connectivity index (χ3v) is 8.22. The number of aliphatic hydroxyl groups is 1. The molecule has 0 bridgehead atoms. The van der Waals surface area contributed by atoms with E-state index in [1.807, 2.05) is 84.9 Å². The molecular weight excluding hydrogens is 522 g/mol. The summed E-state index contributed by atoms with van der Waals surface area (Å²) in [6.07, 6.45) is -0.887. The van der Waals surface area contributed by atoms with Crippen molar-refractivity contribution in [1.29, 1.82) is 0 Å². The fourth-order valence-corrected chi connectivity index (χ4v) is 5.93. The van der Waals surface area contributed by atoms with E-state index in [2.05, 4.69) is 18.3 Å². The van der Waals surface area contributed by atoms with E-state index in [0.717, 1.165) is 33.1 Å². The Morgan fingerprint density at radius 2 is 1.55 bits per heavy atom. The molecule has 1 fully saturated rings. The van der Waals surface area contributed by atoms with Gasteiger partial charge >= 0.3 is 0 Å². The van der Waals surface area contributed by atoms with Gasteiger partial charge in [0.15, 0.2) is 6.29 Å². The average molecular weight is 556 g/mol. The van der Waals surface area contributed by atoms with Crippen LogP contribution in [0.5, 0.6) is 5.75 Å². The van der Waals surface area contributed by atoms with E-state index in [4.69, 9.17) is 14.2 Å². The lowest BCUT2D eigenvalue weighted by Gasteiger charge is -2.41. The number of thioether (sulfide) groups is 1. The second-order valence-electron chi connectivity index (χ2n) is 9.73. The molecule has 40 heavy (non-hydrogen) atoms. The SMILES string of the molecule is COc1ccccc1SC[C@@H]1O[C@H](c2ccc(NC(=O)c3ccccc3)cc2)O[C@H](c2ccc(CO)cc2)[C@@H]1C. The van der Waals surface area contributed by atoms with E-state index in [9.17, 15) is 9.90 Å². The first-order chi connectivity index (χ1) is 19.6. The molecule has 4 atom stereocenters. The van der Waals surface area contributed by atoms with Crippen molar-refractivity contribution in [3.63, 3.8) is 0 Å². The van der Waals surface area contributed by atoms with Gasteiger partial charge in [-0.3, -0.25) is 4.79 Å². The Kier molecular flexibility index (Phi) is 9.19. The Hall–Kier alpha value is -3.62. The predicted octanol–water partition coefficient (Wildman–Crippen LogP) is 7.02. The standard InChI is InChI=1S/C33H33NO5S/c1-22-29(21-40-30-11-7-6-10-28(30)37-2)38-33(39-31(22)24-14-12-23(20-35)13-15-24)26-16-18-27(19-17-26)34-32(36)25-8-4-3-5-9-25/h3-19,22,29,31,33,35H,20-21H2,1-2H3,(H,34,36)/t22-,29+,31+,33+/m1/s1. The number of aliphatic hydroxyl groups excluding tert-OH is 1. The summed E-state index contributed by atoms with van der Waals surface area (Å²) in [5, 5.41) is 12.4. The number of hydrogen-bond donors (Lipinski definition) is 2. The lowest BCUT2D eigenvalue weighted by Crippen LogP contribution is -2.38. The number of ether oxygens (including phenoxy) is 3. The molecule has 0 aliphatic carbocycles. The summed E-state index contributed by atoms with van der Waals surface area (Å²) in [6.45, 7) is 2.15. The minimum absolute atomic E-state index is 0.00156. The molecule has 0 spiro atoms. The number of anilines is 1. The molecule has 206 valence electrons. The van der Waals surface area contributed by atoms with Crippen LogP contribution in [-0.2, 0) is 16.1 Å². The fraction of sp³-hybridized carbons (Fsp3) is 0.242. The number of rotatable bonds is 9. The second kappa shape index (κ2) is 13.2. The van der Waals surface area contributed by atoms with Crippen LogP contribution in [0.25, 0.3) is 0 Å². The molecular formula is C33H33NO5S. The van der Waals surface area contributed by atoms with Gasteiger partial charge in [0.05, 0.1) is 25.9 Å². The summed E-state index contributed by atoms with van der Waals surface area (Å²) in [6, 6.07) is 32.6. The van der Waals surface area contributed by atoms with Crippen molar-refractivity contribution in [2.75, 3.05) is 18.2 Å². The zero-order valence-electron chi connectivity index (χ0n) is 22.5. The molecule has 4 aromatic rings. The zero-order chi connectivity index (χ0) is 27.9. The number of methoxy groups -OCH3 is 1. The van der Waals surface area contributed by atoms with Crippen LogP contribution < -0.4 is 10.1 Å². The monoisotopic (exact) mass is 555 g/mol. The Bertz CT molecular complexity index is 1390. The van der Waals surface area contributed by atoms with Crippen molar-refractivity contribution < 1.29 is 24.1 Å². The van der Waals surface area contributed by atoms with E-state index in [0.29, 0.717) is 11.3 Å². The van der Waals surface area contributed by atoms with Gasteiger partial charge in [-0.2, -0.15) is 0 Å². The summed E-state index contributed by atoms with van der Waals surface area (Å²) in [4.78, 5) is 13.6. The van der Waals surface area contributed by atoms with Crippen LogP contribution >= 0.6 is 11.8 Å². The third-order valence-electron chi connectivity index (χ3n) is 7.07. The number of carbonyl (C=O) groups is 1. The highest BCUT2D eigenvalue weighted by Crippen LogP contribution is 2.43. The molecule has 1 heterocycles. The van der Waals surface area contributed by atoms with Crippen LogP contribution in [0.3, 0.4) is 0 Å². The Morgan fingerprint density at radius 1 is 0.875 bits per heavy atom. The number of carbonyl (C=O) groups excluding carboxylic acids is 1. The Balaban J connectivity index is 1.35. The largest absolute Gasteiger partial charge is 0.496 e. The number of para-hydroxylation sites is 1. The van der Waals surface area contributed by atoms with E-state index in [1.165, 1.54) is 0 Å². The first kappa shape index (κ1) is 27.9. The number of nitrogens with one attached hydrogen (secondary N) is 1. The van der Waals surface area contributed by atoms with Gasteiger partial charge < -0.3 is 24.6 Å². The average Bonchev–Trinajstić information content (AvgIpc) is 3.01. The van der Waals surface area contributed by atoms with Crippen molar-refractivity contribution >= 4 is 23.4 Å². The predicted molar refractivity (Wildman–Crippen MR) is 158 cm³/mol. The van der Waals surface area contributed by atoms with Gasteiger partial charge in [-0.15, -0.1) is 11.8 Å². The molecule has 0 aromatic heterocycles. The highest BCUT2D eigenvalue weighted by atomic mass is 32.2. The highest BCUT2D eigenvalue weighted by Gasteiger charge is 2.38. The lowest BCUT2D eigenvalue weighted by molar-refractivity contribution is -0.268. The number of amides is 1. The maximum Gasteiger partial charge on any atom is 0.255 e. The number of benzene rings is 4. The van der Waals surface area contributed by atoms with Crippen LogP contribution in [0.4, 0.5) is 5.69 Å². The molecule has 1 saturated heterocycles. The molecule has 0 saturated carbocycles. The van der Waals surface area contributed by atoms with Crippen molar-refractivity contribution in [3.05, 3.63) is 125 Å². The Labute approximate surface area is 239 Å². The van der Waals surface area contributed by atoms with Crippen LogP contribution in [0.15, 0.2) is 108 Å². The smallest absolute Gasteiger partial charge is 0.255 e. The van der Waals surface area contributed by atoms with E-state index in [1.54, 1.807) is 31.0 Å². The molecule has 1 aliphatic rings. The van der Waals surface area contributed by atoms with E-state index >= 15 is 0 Å². The van der Waals surface area contributed by atoms with E-state index in [-0.39, 0.29) is 30.6 Å². The van der Waals surface area contributed by atoms with E-state index < -0.39 is 6.29 Å². The maximum atomic E-state index is 12.6. The van der Waals surface area contributed by atoms with Crippen LogP contribution in [0.1, 0.15) is 46.4 Å². The maximum absolute atomic E-state index is 12.6. The topological polar surface area (TPSA) is 77.0 Å². The van der Waals surface area contributed by atoms with Crippen LogP contribution in [-0.4, -0.2) is 30.0 Å². The van der Waals surface area contributed by atoms with Gasteiger partial charge in [-0.1, -0.05) is 73.7 Å². The van der Waals surface area contributed by atoms with Gasteiger partial charge in [-0.25, -0.2) is 0 Å². The van der Waals surface area contributed by atoms with Gasteiger partial charge in [-0.05, 0) is 47.5 Å². The molecule has 4 aromatic carbocycles. The first-order valence-corrected chi connectivity index (χ1v) is 14.3. The molecule has 1 aliphatic heterocycles. The minimum atomic E-state index is -0.583. The number of hydrogen-bond acceptors (Lipinski definition) is 6. The molecule has 0 unspecified atom stereocenters. The third kappa shape index (κ3) is 6.57. The summed E-state index contributed by atoms with van der Waals surface area (Å²) in [7, 11) is 1.68. The van der Waals surface area contributed by atoms with Crippen molar-refractivity contribution in [2.45, 2.75) is 36.9 Å². The molecule has 0 radical (unpaired) electrons. The highest BCUT2D eigenvalue weighted by molar-refractivity contribution is 7.99. The first-order valence-electron chi connectivity index (χ1n) is 13.3. The molecule has 2 N–H and O–H groups in total. The quantitative estimate of drug-likeness (QED) is 0.216. The normalized spacial score (nSPS) is 20.6. The zero-order valence-corrected chi connectivity index (χ0v) is 23.3. The van der Waals surface area contributed by atoms with Crippen molar-refractivity contribution in [2.24, 2.45) is 5.92 Å². The Morgan fingerprint density at radius 3 is 2.25 bits per heavy atom. The van der Waals surface area contributed by atoms with Crippen molar-refractivity contribution in [3.8, 4) is 5.75 Å². The summed E-state index contributed by atoms with van der Waals surface area (Å²) >= 11 is 1.70. The van der Waals surface area contributed by atoms with Crippen LogP contribution in [0, 0.1) is 5.92 Å². The summed E-state index contributed by atoms with van der Waals surface area (Å²) in [5.74, 6) is 1.47. The fourth-order valence-electron chi connectivity index (χ4n) is 4.74. The molecule has 6 nitrogen and oxygen atoms in total. The van der Waals surface area contributed by atoms with Gasteiger partial charge in [0.25, 0.3) is 5.91 Å².